The lowest BCUT2D eigenvalue weighted by Gasteiger charge is -2.14. The maximum absolute atomic E-state index is 5.23. The Morgan fingerprint density at radius 3 is 2.75 bits per heavy atom. The van der Waals surface area contributed by atoms with Gasteiger partial charge in [-0.25, -0.2) is 5.90 Å². The van der Waals surface area contributed by atoms with Crippen LogP contribution < -0.4 is 5.90 Å². The van der Waals surface area contributed by atoms with Crippen LogP contribution in [0, 0.1) is 0 Å². The second-order valence-electron chi connectivity index (χ2n) is 4.74. The summed E-state index contributed by atoms with van der Waals surface area (Å²) in [5.74, 6) is 5.23. The lowest BCUT2D eigenvalue weighted by Crippen LogP contribution is -2.20. The van der Waals surface area contributed by atoms with Gasteiger partial charge in [0.2, 0.25) is 0 Å². The van der Waals surface area contributed by atoms with E-state index in [0.29, 0.717) is 6.61 Å². The van der Waals surface area contributed by atoms with Crippen molar-refractivity contribution in [2.45, 2.75) is 18.3 Å². The predicted octanol–water partition coefficient (Wildman–Crippen LogP) is 2.10. The highest BCUT2D eigenvalue weighted by Crippen LogP contribution is 2.49. The summed E-state index contributed by atoms with van der Waals surface area (Å²) < 4.78 is 2.27. The zero-order valence-corrected chi connectivity index (χ0v) is 9.44. The summed E-state index contributed by atoms with van der Waals surface area (Å²) in [6.45, 7) is 0.622. The molecule has 1 saturated carbocycles. The third kappa shape index (κ3) is 1.29. The molecule has 1 heterocycles. The number of fused-ring (bicyclic) bond motifs is 1. The number of aromatic nitrogens is 1. The highest BCUT2D eigenvalue weighted by atomic mass is 16.6. The zero-order chi connectivity index (χ0) is 11.2. The number of hydrogen-bond donors (Lipinski definition) is 1. The normalized spacial score (nSPS) is 17.9. The molecule has 3 nitrogen and oxygen atoms in total. The van der Waals surface area contributed by atoms with E-state index in [9.17, 15) is 0 Å². The number of para-hydroxylation sites is 1. The average Bonchev–Trinajstić information content (AvgIpc) is 2.99. The third-order valence-corrected chi connectivity index (χ3v) is 3.71. The second-order valence-corrected chi connectivity index (χ2v) is 4.74. The first-order valence-corrected chi connectivity index (χ1v) is 5.63. The van der Waals surface area contributed by atoms with Crippen LogP contribution in [0.4, 0.5) is 0 Å². The van der Waals surface area contributed by atoms with Gasteiger partial charge in [-0.15, -0.1) is 0 Å². The van der Waals surface area contributed by atoms with E-state index in [4.69, 9.17) is 10.7 Å². The molecular formula is C13H16N2O. The Hall–Kier alpha value is -1.32. The van der Waals surface area contributed by atoms with Gasteiger partial charge in [0.15, 0.2) is 0 Å². The van der Waals surface area contributed by atoms with Gasteiger partial charge in [-0.1, -0.05) is 18.2 Å². The SMILES string of the molecule is Cn1c(C2(CON)CC2)cc2ccccc21. The molecule has 1 aromatic heterocycles. The lowest BCUT2D eigenvalue weighted by atomic mass is 10.0. The molecule has 1 fully saturated rings. The summed E-state index contributed by atoms with van der Waals surface area (Å²) in [4.78, 5) is 4.86. The number of nitrogens with two attached hydrogens (primary N) is 1. The van der Waals surface area contributed by atoms with Gasteiger partial charge in [0.1, 0.15) is 0 Å². The highest BCUT2D eigenvalue weighted by molar-refractivity contribution is 5.81. The molecule has 0 radical (unpaired) electrons. The van der Waals surface area contributed by atoms with Gasteiger partial charge in [-0.05, 0) is 30.4 Å². The monoisotopic (exact) mass is 216 g/mol. The van der Waals surface area contributed by atoms with Crippen LogP contribution in [-0.2, 0) is 17.3 Å². The molecule has 0 atom stereocenters. The molecule has 0 aliphatic heterocycles. The molecule has 0 saturated heterocycles. The fourth-order valence-corrected chi connectivity index (χ4v) is 2.58. The molecule has 0 spiro atoms. The summed E-state index contributed by atoms with van der Waals surface area (Å²) >= 11 is 0. The topological polar surface area (TPSA) is 40.2 Å². The molecule has 1 aromatic carbocycles. The summed E-state index contributed by atoms with van der Waals surface area (Å²) in [7, 11) is 2.12. The Morgan fingerprint density at radius 1 is 1.38 bits per heavy atom. The van der Waals surface area contributed by atoms with Crippen molar-refractivity contribution in [3.05, 3.63) is 36.0 Å². The van der Waals surface area contributed by atoms with E-state index in [2.05, 4.69) is 41.9 Å². The number of nitrogens with zero attached hydrogens (tertiary/aromatic N) is 1. The molecule has 1 aliphatic rings. The van der Waals surface area contributed by atoms with Crippen molar-refractivity contribution in [3.8, 4) is 0 Å². The molecule has 1 aliphatic carbocycles. The minimum Gasteiger partial charge on any atom is -0.347 e. The van der Waals surface area contributed by atoms with Gasteiger partial charge < -0.3 is 9.40 Å². The lowest BCUT2D eigenvalue weighted by molar-refractivity contribution is 0.114. The number of aryl methyl sites for hydroxylation is 1. The first kappa shape index (κ1) is 9.87. The van der Waals surface area contributed by atoms with Crippen LogP contribution in [0.15, 0.2) is 30.3 Å². The summed E-state index contributed by atoms with van der Waals surface area (Å²) in [6.07, 6.45) is 2.35. The van der Waals surface area contributed by atoms with Crippen molar-refractivity contribution in [2.75, 3.05) is 6.61 Å². The Balaban J connectivity index is 2.14. The second kappa shape index (κ2) is 3.34. The molecule has 0 amide bonds. The average molecular weight is 216 g/mol. The van der Waals surface area contributed by atoms with Crippen LogP contribution in [0.3, 0.4) is 0 Å². The van der Waals surface area contributed by atoms with Crippen LogP contribution in [0.1, 0.15) is 18.5 Å². The number of rotatable bonds is 3. The van der Waals surface area contributed by atoms with Crippen molar-refractivity contribution >= 4 is 10.9 Å². The fourth-order valence-electron chi connectivity index (χ4n) is 2.58. The zero-order valence-electron chi connectivity index (χ0n) is 9.44. The molecule has 0 bridgehead atoms. The fraction of sp³-hybridized carbons (Fsp3) is 0.385. The van der Waals surface area contributed by atoms with Crippen LogP contribution in [0.25, 0.3) is 10.9 Å². The molecule has 3 heteroatoms. The minimum atomic E-state index is 0.169. The van der Waals surface area contributed by atoms with Gasteiger partial charge in [0, 0.05) is 23.7 Å². The maximum atomic E-state index is 5.23. The Kier molecular flexibility index (Phi) is 2.06. The first-order chi connectivity index (χ1) is 7.77. The van der Waals surface area contributed by atoms with E-state index < -0.39 is 0 Å². The molecule has 2 N–H and O–H groups in total. The Bertz CT molecular complexity index is 526. The van der Waals surface area contributed by atoms with Crippen molar-refractivity contribution in [2.24, 2.45) is 12.9 Å². The summed E-state index contributed by atoms with van der Waals surface area (Å²) in [5.41, 5.74) is 2.79. The van der Waals surface area contributed by atoms with Gasteiger partial charge in [0.05, 0.1) is 6.61 Å². The summed E-state index contributed by atoms with van der Waals surface area (Å²) in [6, 6.07) is 10.7. The van der Waals surface area contributed by atoms with Crippen molar-refractivity contribution < 1.29 is 4.84 Å². The van der Waals surface area contributed by atoms with Crippen LogP contribution in [0.5, 0.6) is 0 Å². The molecule has 16 heavy (non-hydrogen) atoms. The number of benzene rings is 1. The van der Waals surface area contributed by atoms with Gasteiger partial charge in [0.25, 0.3) is 0 Å². The standard InChI is InChI=1S/C13H16N2O/c1-15-11-5-3-2-4-10(11)8-12(15)13(6-7-13)9-16-14/h2-5,8H,6-7,9,14H2,1H3. The van der Waals surface area contributed by atoms with E-state index in [1.807, 2.05) is 0 Å². The van der Waals surface area contributed by atoms with E-state index in [1.54, 1.807) is 0 Å². The quantitative estimate of drug-likeness (QED) is 0.798. The van der Waals surface area contributed by atoms with Crippen LogP contribution in [-0.4, -0.2) is 11.2 Å². The molecule has 2 aromatic rings. The van der Waals surface area contributed by atoms with Crippen LogP contribution in [0.2, 0.25) is 0 Å². The predicted molar refractivity (Wildman–Crippen MR) is 64.0 cm³/mol. The van der Waals surface area contributed by atoms with Gasteiger partial charge in [-0.3, -0.25) is 0 Å². The van der Waals surface area contributed by atoms with Crippen LogP contribution >= 0.6 is 0 Å². The van der Waals surface area contributed by atoms with Crippen molar-refractivity contribution in [1.82, 2.24) is 4.57 Å². The van der Waals surface area contributed by atoms with E-state index in [1.165, 1.54) is 29.4 Å². The van der Waals surface area contributed by atoms with Gasteiger partial charge >= 0.3 is 0 Å². The minimum absolute atomic E-state index is 0.169. The van der Waals surface area contributed by atoms with E-state index in [-0.39, 0.29) is 5.41 Å². The van der Waals surface area contributed by atoms with Gasteiger partial charge in [-0.2, -0.15) is 0 Å². The smallest absolute Gasteiger partial charge is 0.0790 e. The largest absolute Gasteiger partial charge is 0.347 e. The van der Waals surface area contributed by atoms with Crippen molar-refractivity contribution in [3.63, 3.8) is 0 Å². The maximum Gasteiger partial charge on any atom is 0.0790 e. The summed E-state index contributed by atoms with van der Waals surface area (Å²) in [5, 5.41) is 1.29. The van der Waals surface area contributed by atoms with E-state index in [0.717, 1.165) is 0 Å². The highest BCUT2D eigenvalue weighted by Gasteiger charge is 2.46. The van der Waals surface area contributed by atoms with Crippen molar-refractivity contribution in [1.29, 1.82) is 0 Å². The first-order valence-electron chi connectivity index (χ1n) is 5.63. The molecule has 0 unspecified atom stereocenters. The molecular weight excluding hydrogens is 200 g/mol. The Labute approximate surface area is 94.8 Å². The Morgan fingerprint density at radius 2 is 2.12 bits per heavy atom. The molecule has 84 valence electrons. The molecule has 3 rings (SSSR count). The number of hydrogen-bond acceptors (Lipinski definition) is 2. The van der Waals surface area contributed by atoms with E-state index >= 15 is 0 Å². The third-order valence-electron chi connectivity index (χ3n) is 3.71.